The number of aliphatic carboxylic acids is 1. The number of aliphatic hydroxyl groups excluding tert-OH is 1. The van der Waals surface area contributed by atoms with Gasteiger partial charge in [0.2, 0.25) is 0 Å². The number of benzene rings is 1. The molecule has 0 saturated carbocycles. The van der Waals surface area contributed by atoms with Gasteiger partial charge in [-0.15, -0.1) is 13.2 Å². The molecule has 1 aromatic carbocycles. The highest BCUT2D eigenvalue weighted by atomic mass is 16.5. The molecule has 1 unspecified atom stereocenters. The Kier molecular flexibility index (Phi) is 29.9. The fourth-order valence-corrected chi connectivity index (χ4v) is 4.93. The van der Waals surface area contributed by atoms with E-state index in [4.69, 9.17) is 14.9 Å². The van der Waals surface area contributed by atoms with E-state index in [-0.39, 0.29) is 0 Å². The Morgan fingerprint density at radius 1 is 1.06 bits per heavy atom. The van der Waals surface area contributed by atoms with Crippen molar-refractivity contribution in [2.24, 2.45) is 4.99 Å². The zero-order valence-electron chi connectivity index (χ0n) is 33.0. The second kappa shape index (κ2) is 30.9. The quantitative estimate of drug-likeness (QED) is 0.131. The van der Waals surface area contributed by atoms with E-state index in [9.17, 15) is 9.90 Å². The zero-order chi connectivity index (χ0) is 39.2. The smallest absolute Gasteiger partial charge is 0.331 e. The number of aliphatic imine (C=N–C) groups is 1. The first-order valence-corrected chi connectivity index (χ1v) is 17.6. The summed E-state index contributed by atoms with van der Waals surface area (Å²) < 4.78 is 5.08. The number of phenols is 1. The van der Waals surface area contributed by atoms with E-state index < -0.39 is 5.97 Å². The van der Waals surface area contributed by atoms with E-state index >= 15 is 0 Å². The Labute approximate surface area is 309 Å². The summed E-state index contributed by atoms with van der Waals surface area (Å²) in [6, 6.07) is 7.58. The van der Waals surface area contributed by atoms with Gasteiger partial charge in [0.15, 0.2) is 0 Å². The Bertz CT molecular complexity index is 1290. The van der Waals surface area contributed by atoms with Crippen LogP contribution in [-0.4, -0.2) is 111 Å². The highest BCUT2D eigenvalue weighted by molar-refractivity contribution is 6.02. The van der Waals surface area contributed by atoms with Gasteiger partial charge in [-0.3, -0.25) is 4.99 Å². The van der Waals surface area contributed by atoms with E-state index in [1.165, 1.54) is 42.9 Å². The van der Waals surface area contributed by atoms with E-state index in [0.29, 0.717) is 41.8 Å². The number of carboxylic acids is 1. The van der Waals surface area contributed by atoms with Gasteiger partial charge in [0.25, 0.3) is 0 Å². The number of hydrogen-bond donors (Lipinski definition) is 4. The van der Waals surface area contributed by atoms with Crippen molar-refractivity contribution in [3.05, 3.63) is 114 Å². The van der Waals surface area contributed by atoms with Crippen molar-refractivity contribution in [1.29, 1.82) is 0 Å². The number of carboxylic acid groups (broad SMARTS) is 1. The maximum Gasteiger partial charge on any atom is 0.331 e. The third-order valence-electron chi connectivity index (χ3n) is 7.89. The van der Waals surface area contributed by atoms with Gasteiger partial charge in [0.1, 0.15) is 5.75 Å². The molecule has 51 heavy (non-hydrogen) atoms. The average molecular weight is 709 g/mol. The van der Waals surface area contributed by atoms with E-state index in [2.05, 4.69) is 98.2 Å². The van der Waals surface area contributed by atoms with Gasteiger partial charge in [0.05, 0.1) is 12.3 Å². The number of nitrogens with zero attached hydrogens (tertiary/aromatic N) is 3. The molecule has 3 rings (SSSR count). The fourth-order valence-electron chi connectivity index (χ4n) is 4.93. The molecule has 0 spiro atoms. The zero-order valence-corrected chi connectivity index (χ0v) is 33.0. The Hall–Kier alpha value is -3.86. The van der Waals surface area contributed by atoms with Gasteiger partial charge in [0, 0.05) is 64.1 Å². The number of allylic oxidation sites excluding steroid dienone is 9. The van der Waals surface area contributed by atoms with Crippen molar-refractivity contribution in [1.82, 2.24) is 15.1 Å². The van der Waals surface area contributed by atoms with Gasteiger partial charge in [-0.25, -0.2) is 4.79 Å². The minimum absolute atomic E-state index is 0.307. The summed E-state index contributed by atoms with van der Waals surface area (Å²) >= 11 is 0. The van der Waals surface area contributed by atoms with E-state index in [0.717, 1.165) is 38.4 Å². The number of rotatable bonds is 12. The Morgan fingerprint density at radius 2 is 1.63 bits per heavy atom. The van der Waals surface area contributed by atoms with Crippen LogP contribution in [0, 0.1) is 0 Å². The first kappa shape index (κ1) is 49.3. The molecule has 1 atom stereocenters. The molecule has 2 aliphatic rings. The van der Waals surface area contributed by atoms with Gasteiger partial charge in [-0.2, -0.15) is 0 Å². The summed E-state index contributed by atoms with van der Waals surface area (Å²) in [6.07, 6.45) is 16.3. The average Bonchev–Trinajstić information content (AvgIpc) is 3.28. The van der Waals surface area contributed by atoms with Crippen LogP contribution < -0.4 is 5.32 Å². The number of methoxy groups -OCH3 is 1. The molecule has 2 aliphatic heterocycles. The number of aromatic hydroxyl groups is 1. The molecule has 286 valence electrons. The predicted octanol–water partition coefficient (Wildman–Crippen LogP) is 7.38. The lowest BCUT2D eigenvalue weighted by atomic mass is 9.96. The Balaban J connectivity index is 0. The summed E-state index contributed by atoms with van der Waals surface area (Å²) in [6.45, 7) is 23.7. The van der Waals surface area contributed by atoms with Crippen LogP contribution in [0.1, 0.15) is 58.9 Å². The van der Waals surface area contributed by atoms with Crippen molar-refractivity contribution in [3.63, 3.8) is 0 Å². The molecule has 4 N–H and O–H groups in total. The molecular formula is C42H68N4O5. The van der Waals surface area contributed by atoms with Gasteiger partial charge < -0.3 is 35.2 Å². The number of ether oxygens (including phenoxy) is 1. The number of hydrogen-bond acceptors (Lipinski definition) is 8. The van der Waals surface area contributed by atoms with Gasteiger partial charge in [-0.05, 0) is 101 Å². The monoisotopic (exact) mass is 709 g/mol. The van der Waals surface area contributed by atoms with Crippen molar-refractivity contribution in [3.8, 4) is 5.75 Å². The summed E-state index contributed by atoms with van der Waals surface area (Å²) in [5.41, 5.74) is 6.18. The predicted molar refractivity (Wildman–Crippen MR) is 218 cm³/mol. The fraction of sp³-hybridized carbons (Fsp3) is 0.476. The molecule has 9 nitrogen and oxygen atoms in total. The standard InChI is InChI=1S/C22H29NO2.C11H17NO2.C6H14N2.C2H4.CH4O/c1-6-9-11-19(10-7-2)18(8-3)12-13-20-15-21(22(24)25)14-16(4)23-17(20)5;1-12-10(8-14-2)7-9-3-5-11(13)6-4-9;1-7-3-5-8(2)6-4-7;2*1-2/h8-11,13-14H,5-7,12,15H2,1-4H3,(H,24,25);3-6,10,12-13H,7-8H2,1-2H3;3-6H2,1-2H3;1-2H2;2H,1H3/b11-9-,18-8+,19-10+,20-13-;;;;. The number of piperazine rings is 1. The highest BCUT2D eigenvalue weighted by Gasteiger charge is 2.16. The molecule has 0 aliphatic carbocycles. The van der Waals surface area contributed by atoms with Crippen LogP contribution in [0.3, 0.4) is 0 Å². The van der Waals surface area contributed by atoms with Crippen LogP contribution >= 0.6 is 0 Å². The number of phenolic OH excluding ortho intramolecular Hbond substituents is 1. The van der Waals surface area contributed by atoms with Crippen LogP contribution in [0.2, 0.25) is 0 Å². The molecule has 1 aromatic rings. The molecular weight excluding hydrogens is 640 g/mol. The van der Waals surface area contributed by atoms with Crippen molar-refractivity contribution in [2.75, 3.05) is 68.1 Å². The van der Waals surface area contributed by atoms with Crippen LogP contribution in [0.4, 0.5) is 0 Å². The van der Waals surface area contributed by atoms with Crippen LogP contribution in [0.5, 0.6) is 5.75 Å². The molecule has 2 heterocycles. The van der Waals surface area contributed by atoms with Crippen LogP contribution in [0.25, 0.3) is 0 Å². The summed E-state index contributed by atoms with van der Waals surface area (Å²) in [7, 11) is 8.96. The molecule has 0 aromatic heterocycles. The lowest BCUT2D eigenvalue weighted by Crippen LogP contribution is -2.42. The minimum Gasteiger partial charge on any atom is -0.508 e. The van der Waals surface area contributed by atoms with Crippen molar-refractivity contribution in [2.45, 2.75) is 65.8 Å². The maximum absolute atomic E-state index is 11.4. The Morgan fingerprint density at radius 3 is 2.08 bits per heavy atom. The number of nitrogens with one attached hydrogen (secondary N) is 1. The summed E-state index contributed by atoms with van der Waals surface area (Å²) in [4.78, 5) is 20.5. The topological polar surface area (TPSA) is 118 Å². The molecule has 0 amide bonds. The lowest BCUT2D eigenvalue weighted by Gasteiger charge is -2.28. The normalized spacial score (nSPS) is 16.8. The first-order valence-electron chi connectivity index (χ1n) is 17.6. The van der Waals surface area contributed by atoms with Gasteiger partial charge >= 0.3 is 5.97 Å². The van der Waals surface area contributed by atoms with Crippen molar-refractivity contribution < 1.29 is 24.9 Å². The SMILES string of the molecule is C=C.C=C1N=C(C)C=C(C(=O)O)C/C1=C/CC(=C\C)/C(/C=C\CC)=C/CC.CN1CCN(C)CC1.CNC(COC)Cc1ccc(O)cc1.CO. The third-order valence-corrected chi connectivity index (χ3v) is 7.89. The highest BCUT2D eigenvalue weighted by Crippen LogP contribution is 2.26. The number of aliphatic hydroxyl groups is 1. The first-order chi connectivity index (χ1) is 24.5. The summed E-state index contributed by atoms with van der Waals surface area (Å²) in [5, 5.41) is 28.6. The number of likely N-dealkylation sites (N-methyl/N-ethyl adjacent to an activating group) is 3. The molecule has 1 saturated heterocycles. The molecule has 9 heteroatoms. The van der Waals surface area contributed by atoms with E-state index in [1.54, 1.807) is 32.2 Å². The second-order valence-corrected chi connectivity index (χ2v) is 11.9. The van der Waals surface area contributed by atoms with Crippen molar-refractivity contribution >= 4 is 11.7 Å². The van der Waals surface area contributed by atoms with Gasteiger partial charge in [-0.1, -0.05) is 62.9 Å². The maximum atomic E-state index is 11.4. The largest absolute Gasteiger partial charge is 0.508 e. The molecule has 0 radical (unpaired) electrons. The molecule has 0 bridgehead atoms. The van der Waals surface area contributed by atoms with E-state index in [1.807, 2.05) is 26.1 Å². The van der Waals surface area contributed by atoms with Crippen LogP contribution in [0.15, 0.2) is 113 Å². The summed E-state index contributed by atoms with van der Waals surface area (Å²) in [5.74, 6) is -0.597. The third kappa shape index (κ3) is 22.5. The lowest BCUT2D eigenvalue weighted by molar-refractivity contribution is -0.132. The molecule has 1 fully saturated rings. The minimum atomic E-state index is -0.904. The second-order valence-electron chi connectivity index (χ2n) is 11.9. The van der Waals surface area contributed by atoms with Crippen LogP contribution in [-0.2, 0) is 16.0 Å². The number of carbonyl (C=O) groups is 1.